The van der Waals surface area contributed by atoms with Crippen LogP contribution in [0.5, 0.6) is 0 Å². The van der Waals surface area contributed by atoms with Crippen molar-refractivity contribution < 1.29 is 0 Å². The predicted molar refractivity (Wildman–Crippen MR) is 197 cm³/mol. The Balaban J connectivity index is 1.25. The van der Waals surface area contributed by atoms with Crippen LogP contribution < -0.4 is 0 Å². The summed E-state index contributed by atoms with van der Waals surface area (Å²) < 4.78 is 2.46. The van der Waals surface area contributed by atoms with Crippen LogP contribution in [0.15, 0.2) is 152 Å². The summed E-state index contributed by atoms with van der Waals surface area (Å²) in [5, 5.41) is 6.45. The fourth-order valence-electron chi connectivity index (χ4n) is 7.60. The van der Waals surface area contributed by atoms with E-state index in [0.717, 1.165) is 12.8 Å². The van der Waals surface area contributed by atoms with Gasteiger partial charge in [-0.2, -0.15) is 0 Å². The molecule has 8 aromatic rings. The first-order valence-corrected chi connectivity index (χ1v) is 16.3. The third kappa shape index (κ3) is 4.24. The van der Waals surface area contributed by atoms with Gasteiger partial charge in [0.2, 0.25) is 0 Å². The number of para-hydroxylation sites is 1. The van der Waals surface area contributed by atoms with Crippen molar-refractivity contribution in [1.29, 1.82) is 0 Å². The second-order valence-corrected chi connectivity index (χ2v) is 12.5. The Morgan fingerprint density at radius 1 is 0.478 bits per heavy atom. The highest BCUT2D eigenvalue weighted by molar-refractivity contribution is 6.21. The van der Waals surface area contributed by atoms with Gasteiger partial charge in [-0.05, 0) is 105 Å². The van der Waals surface area contributed by atoms with E-state index >= 15 is 0 Å². The van der Waals surface area contributed by atoms with Crippen LogP contribution in [0.25, 0.3) is 77.6 Å². The van der Waals surface area contributed by atoms with Crippen molar-refractivity contribution in [3.05, 3.63) is 168 Å². The summed E-state index contributed by atoms with van der Waals surface area (Å²) in [4.78, 5) is 0. The lowest BCUT2D eigenvalue weighted by molar-refractivity contribution is 0.888. The largest absolute Gasteiger partial charge is 0.313 e. The van der Waals surface area contributed by atoms with Gasteiger partial charge in [-0.1, -0.05) is 133 Å². The molecule has 1 aromatic heterocycles. The van der Waals surface area contributed by atoms with Crippen molar-refractivity contribution >= 4 is 38.5 Å². The van der Waals surface area contributed by atoms with Gasteiger partial charge in [0, 0.05) is 22.3 Å². The molecular weight excluding hydrogens is 555 g/mol. The van der Waals surface area contributed by atoms with Gasteiger partial charge in [-0.3, -0.25) is 0 Å². The van der Waals surface area contributed by atoms with E-state index in [2.05, 4.69) is 169 Å². The van der Waals surface area contributed by atoms with Gasteiger partial charge < -0.3 is 4.57 Å². The molecule has 0 fully saturated rings. The molecule has 0 unspecified atom stereocenters. The molecule has 0 aliphatic heterocycles. The molecule has 0 N–H and O–H groups in total. The highest BCUT2D eigenvalue weighted by Crippen LogP contribution is 2.44. The average molecular weight is 588 g/mol. The van der Waals surface area contributed by atoms with E-state index in [1.54, 1.807) is 0 Å². The minimum absolute atomic E-state index is 1.05. The number of allylic oxidation sites excluding steroid dienone is 1. The van der Waals surface area contributed by atoms with Crippen molar-refractivity contribution in [3.63, 3.8) is 0 Å². The molecule has 0 spiro atoms. The molecular formula is C45H33N. The van der Waals surface area contributed by atoms with E-state index in [9.17, 15) is 0 Å². The molecule has 46 heavy (non-hydrogen) atoms. The molecule has 1 aliphatic rings. The summed E-state index contributed by atoms with van der Waals surface area (Å²) in [6.45, 7) is 2.15. The Bertz CT molecular complexity index is 2400. The van der Waals surface area contributed by atoms with E-state index in [1.807, 2.05) is 0 Å². The minimum atomic E-state index is 1.05. The zero-order valence-electron chi connectivity index (χ0n) is 25.9. The fourth-order valence-corrected chi connectivity index (χ4v) is 7.60. The molecule has 0 atom stereocenters. The third-order valence-electron chi connectivity index (χ3n) is 9.71. The van der Waals surface area contributed by atoms with Crippen LogP contribution in [-0.2, 0) is 6.42 Å². The van der Waals surface area contributed by atoms with E-state index in [4.69, 9.17) is 0 Å². The molecule has 1 nitrogen and oxygen atoms in total. The maximum atomic E-state index is 2.46. The number of hydrogen-bond acceptors (Lipinski definition) is 0. The summed E-state index contributed by atoms with van der Waals surface area (Å²) >= 11 is 0. The number of aromatic nitrogens is 1. The Morgan fingerprint density at radius 3 is 1.76 bits per heavy atom. The van der Waals surface area contributed by atoms with Crippen LogP contribution in [0.4, 0.5) is 0 Å². The maximum Gasteiger partial charge on any atom is 0.0538 e. The minimum Gasteiger partial charge on any atom is -0.313 e. The number of benzene rings is 7. The number of rotatable bonds is 4. The predicted octanol–water partition coefficient (Wildman–Crippen LogP) is 12.2. The summed E-state index contributed by atoms with van der Waals surface area (Å²) in [5.74, 6) is 0. The molecule has 0 bridgehead atoms. The molecule has 0 saturated heterocycles. The monoisotopic (exact) mass is 587 g/mol. The first kappa shape index (κ1) is 26.7. The SMILES string of the molecule is Cc1ccc(-c2c3ccccc3c(-c3cccc(-c4ccc5c(c4)c4c(n5-c5ccccc5)CCC=C4)c3)c3ccccc23)cc1. The molecule has 0 amide bonds. The standard InChI is InChI=1S/C45H33N/c1-30-22-24-31(25-23-30)44-37-17-5-7-19-39(37)45(40-20-8-6-18-38(40)44)34-13-11-12-32(28-34)33-26-27-43-41(29-33)36-16-9-10-21-42(36)46(43)35-14-3-2-4-15-35/h2-9,11-20,22-29H,10,21H2,1H3. The Kier molecular flexibility index (Phi) is 6.24. The van der Waals surface area contributed by atoms with Crippen molar-refractivity contribution in [2.24, 2.45) is 0 Å². The van der Waals surface area contributed by atoms with Crippen molar-refractivity contribution in [2.45, 2.75) is 19.8 Å². The topological polar surface area (TPSA) is 4.93 Å². The lowest BCUT2D eigenvalue weighted by Gasteiger charge is -2.18. The molecule has 0 radical (unpaired) electrons. The van der Waals surface area contributed by atoms with Gasteiger partial charge in [-0.25, -0.2) is 0 Å². The van der Waals surface area contributed by atoms with Crippen LogP contribution in [0.1, 0.15) is 23.2 Å². The van der Waals surface area contributed by atoms with Crippen LogP contribution in [0.3, 0.4) is 0 Å². The first-order chi connectivity index (χ1) is 22.7. The van der Waals surface area contributed by atoms with Crippen LogP contribution in [0, 0.1) is 6.92 Å². The fraction of sp³-hybridized carbons (Fsp3) is 0.0667. The zero-order valence-corrected chi connectivity index (χ0v) is 25.9. The number of fused-ring (bicyclic) bond motifs is 5. The van der Waals surface area contributed by atoms with Crippen LogP contribution in [0.2, 0.25) is 0 Å². The van der Waals surface area contributed by atoms with E-state index in [1.165, 1.54) is 88.3 Å². The van der Waals surface area contributed by atoms with Crippen molar-refractivity contribution in [3.8, 4) is 39.1 Å². The lowest BCUT2D eigenvalue weighted by Crippen LogP contribution is -2.02. The van der Waals surface area contributed by atoms with Gasteiger partial charge in [0.25, 0.3) is 0 Å². The molecule has 7 aromatic carbocycles. The number of aryl methyl sites for hydroxylation is 1. The Labute approximate surface area is 269 Å². The maximum absolute atomic E-state index is 2.46. The smallest absolute Gasteiger partial charge is 0.0538 e. The molecule has 1 aliphatic carbocycles. The summed E-state index contributed by atoms with van der Waals surface area (Å²) in [7, 11) is 0. The lowest BCUT2D eigenvalue weighted by atomic mass is 9.85. The van der Waals surface area contributed by atoms with Crippen molar-refractivity contribution in [1.82, 2.24) is 4.57 Å². The number of nitrogens with zero attached hydrogens (tertiary/aromatic N) is 1. The summed E-state index contributed by atoms with van der Waals surface area (Å²) in [5.41, 5.74) is 14.1. The second kappa shape index (κ2) is 10.8. The Morgan fingerprint density at radius 2 is 1.07 bits per heavy atom. The van der Waals surface area contributed by atoms with Gasteiger partial charge in [0.15, 0.2) is 0 Å². The van der Waals surface area contributed by atoms with Crippen LogP contribution >= 0.6 is 0 Å². The van der Waals surface area contributed by atoms with E-state index in [0.29, 0.717) is 0 Å². The molecule has 218 valence electrons. The van der Waals surface area contributed by atoms with E-state index < -0.39 is 0 Å². The van der Waals surface area contributed by atoms with Crippen molar-refractivity contribution in [2.75, 3.05) is 0 Å². The van der Waals surface area contributed by atoms with E-state index in [-0.39, 0.29) is 0 Å². The second-order valence-electron chi connectivity index (χ2n) is 12.5. The van der Waals surface area contributed by atoms with Gasteiger partial charge in [-0.15, -0.1) is 0 Å². The molecule has 0 saturated carbocycles. The summed E-state index contributed by atoms with van der Waals surface area (Å²) in [6.07, 6.45) is 6.78. The van der Waals surface area contributed by atoms with Gasteiger partial charge in [0.05, 0.1) is 5.52 Å². The highest BCUT2D eigenvalue weighted by atomic mass is 15.0. The molecule has 1 heterocycles. The first-order valence-electron chi connectivity index (χ1n) is 16.3. The Hall–Kier alpha value is -5.66. The normalized spacial score (nSPS) is 12.6. The van der Waals surface area contributed by atoms with Gasteiger partial charge in [0.1, 0.15) is 0 Å². The third-order valence-corrected chi connectivity index (χ3v) is 9.71. The average Bonchev–Trinajstić information content (AvgIpc) is 3.45. The number of hydrogen-bond donors (Lipinski definition) is 0. The highest BCUT2D eigenvalue weighted by Gasteiger charge is 2.20. The summed E-state index contributed by atoms with van der Waals surface area (Å²) in [6, 6.07) is 53.7. The molecule has 1 heteroatoms. The van der Waals surface area contributed by atoms with Gasteiger partial charge >= 0.3 is 0 Å². The molecule has 9 rings (SSSR count). The zero-order chi connectivity index (χ0) is 30.6. The quantitative estimate of drug-likeness (QED) is 0.181. The van der Waals surface area contributed by atoms with Crippen LogP contribution in [-0.4, -0.2) is 4.57 Å².